The Balaban J connectivity index is 1.74. The second kappa shape index (κ2) is 13.2. The van der Waals surface area contributed by atoms with Crippen molar-refractivity contribution in [1.29, 1.82) is 0 Å². The van der Waals surface area contributed by atoms with Gasteiger partial charge in [0.2, 0.25) is 6.29 Å². The molecule has 0 bridgehead atoms. The molecule has 0 radical (unpaired) electrons. The first-order valence-corrected chi connectivity index (χ1v) is 11.8. The van der Waals surface area contributed by atoms with Gasteiger partial charge in [-0.2, -0.15) is 0 Å². The largest absolute Gasteiger partial charge is 0.504 e. The Labute approximate surface area is 213 Å². The summed E-state index contributed by atoms with van der Waals surface area (Å²) < 4.78 is 21.9. The number of benzene rings is 2. The van der Waals surface area contributed by atoms with Gasteiger partial charge >= 0.3 is 0 Å². The molecule has 12 nitrogen and oxygen atoms in total. The maximum atomic E-state index is 10.9. The van der Waals surface area contributed by atoms with Gasteiger partial charge in [0, 0.05) is 6.61 Å². The van der Waals surface area contributed by atoms with Gasteiger partial charge in [0.1, 0.15) is 30.5 Å². The van der Waals surface area contributed by atoms with Crippen LogP contribution >= 0.6 is 0 Å². The van der Waals surface area contributed by atoms with Crippen molar-refractivity contribution < 1.29 is 59.8 Å². The fourth-order valence-corrected chi connectivity index (χ4v) is 3.94. The van der Waals surface area contributed by atoms with Gasteiger partial charge in [0.15, 0.2) is 29.1 Å². The molecule has 1 aliphatic heterocycles. The third-order valence-corrected chi connectivity index (χ3v) is 6.08. The number of aromatic hydroxyl groups is 1. The van der Waals surface area contributed by atoms with E-state index in [9.17, 15) is 35.7 Å². The third kappa shape index (κ3) is 6.80. The minimum Gasteiger partial charge on any atom is -0.504 e. The van der Waals surface area contributed by atoms with Crippen molar-refractivity contribution in [3.05, 3.63) is 47.5 Å². The lowest BCUT2D eigenvalue weighted by Gasteiger charge is -2.39. The van der Waals surface area contributed by atoms with Gasteiger partial charge < -0.3 is 59.8 Å². The lowest BCUT2D eigenvalue weighted by atomic mass is 9.99. The minimum absolute atomic E-state index is 0.0214. The molecule has 1 fully saturated rings. The Hall–Kier alpha value is -2.68. The standard InChI is InChI=1S/C25H34O12/c1-34-18-10-14(5-7-17(18)36-25-24(33)23(32)22(31)20(12-28)37-25)21(30)19(11-27)35-16-6-4-13(3-2-8-26)9-15(16)29/h4-7,9-10,19-33H,2-3,8,11-12H2,1H3/t19-,20+,21-,22+,23-,24+,25+/m0/s1. The molecule has 7 atom stereocenters. The summed E-state index contributed by atoms with van der Waals surface area (Å²) in [5.41, 5.74) is 1.07. The Morgan fingerprint density at radius 3 is 2.27 bits per heavy atom. The van der Waals surface area contributed by atoms with Crippen LogP contribution in [-0.4, -0.2) is 105 Å². The molecule has 37 heavy (non-hydrogen) atoms. The molecule has 1 heterocycles. The molecule has 0 aromatic heterocycles. The van der Waals surface area contributed by atoms with Crippen molar-refractivity contribution in [1.82, 2.24) is 0 Å². The molecule has 1 aliphatic rings. The summed E-state index contributed by atoms with van der Waals surface area (Å²) in [5, 5.41) is 79.4. The van der Waals surface area contributed by atoms with E-state index in [-0.39, 0.29) is 35.2 Å². The summed E-state index contributed by atoms with van der Waals surface area (Å²) in [7, 11) is 1.34. The SMILES string of the molecule is COc1cc([C@H](O)[C@H](CO)Oc2ccc(CCCO)cc2O)ccc1O[C@@H]1O[C@H](CO)[C@@H](O)[C@H](O)[C@H]1O. The second-order valence-electron chi connectivity index (χ2n) is 8.64. The van der Waals surface area contributed by atoms with Crippen molar-refractivity contribution in [3.63, 3.8) is 0 Å². The maximum absolute atomic E-state index is 10.9. The summed E-state index contributed by atoms with van der Waals surface area (Å²) in [6, 6.07) is 8.97. The molecule has 12 heteroatoms. The van der Waals surface area contributed by atoms with E-state index in [2.05, 4.69) is 0 Å². The van der Waals surface area contributed by atoms with Crippen molar-refractivity contribution in [2.24, 2.45) is 0 Å². The second-order valence-corrected chi connectivity index (χ2v) is 8.64. The minimum atomic E-state index is -1.62. The van der Waals surface area contributed by atoms with Crippen LogP contribution in [0.15, 0.2) is 36.4 Å². The van der Waals surface area contributed by atoms with E-state index in [1.807, 2.05) is 0 Å². The van der Waals surface area contributed by atoms with Gasteiger partial charge in [-0.15, -0.1) is 0 Å². The van der Waals surface area contributed by atoms with E-state index in [4.69, 9.17) is 24.1 Å². The van der Waals surface area contributed by atoms with Crippen LogP contribution in [0.1, 0.15) is 23.7 Å². The summed E-state index contributed by atoms with van der Waals surface area (Å²) in [6.45, 7) is -1.18. The van der Waals surface area contributed by atoms with Gasteiger partial charge in [0.05, 0.1) is 20.3 Å². The van der Waals surface area contributed by atoms with E-state index < -0.39 is 56.1 Å². The number of phenols is 1. The first-order valence-electron chi connectivity index (χ1n) is 11.8. The number of aliphatic hydroxyl groups is 7. The molecule has 2 aromatic carbocycles. The zero-order valence-corrected chi connectivity index (χ0v) is 20.3. The first kappa shape index (κ1) is 28.9. The summed E-state index contributed by atoms with van der Waals surface area (Å²) in [4.78, 5) is 0. The van der Waals surface area contributed by atoms with Crippen LogP contribution in [0.5, 0.6) is 23.0 Å². The quantitative estimate of drug-likeness (QED) is 0.168. The zero-order chi connectivity index (χ0) is 27.1. The van der Waals surface area contributed by atoms with Crippen LogP contribution in [0.25, 0.3) is 0 Å². The highest BCUT2D eigenvalue weighted by molar-refractivity contribution is 5.45. The fourth-order valence-electron chi connectivity index (χ4n) is 3.94. The van der Waals surface area contributed by atoms with Crippen molar-refractivity contribution in [2.45, 2.75) is 55.8 Å². The summed E-state index contributed by atoms with van der Waals surface area (Å²) in [5.74, 6) is 0.0592. The highest BCUT2D eigenvalue weighted by atomic mass is 16.7. The highest BCUT2D eigenvalue weighted by Crippen LogP contribution is 2.36. The topological polar surface area (TPSA) is 199 Å². The molecular formula is C25H34O12. The number of ether oxygens (including phenoxy) is 4. The predicted molar refractivity (Wildman–Crippen MR) is 127 cm³/mol. The van der Waals surface area contributed by atoms with Gasteiger partial charge in [0.25, 0.3) is 0 Å². The van der Waals surface area contributed by atoms with Crippen LogP contribution in [0.2, 0.25) is 0 Å². The molecule has 8 N–H and O–H groups in total. The molecule has 0 unspecified atom stereocenters. The lowest BCUT2D eigenvalue weighted by Crippen LogP contribution is -2.60. The Bertz CT molecular complexity index is 1000. The van der Waals surface area contributed by atoms with Gasteiger partial charge in [-0.05, 0) is 48.2 Å². The van der Waals surface area contributed by atoms with Crippen molar-refractivity contribution >= 4 is 0 Å². The number of aliphatic hydroxyl groups excluding tert-OH is 7. The number of hydrogen-bond acceptors (Lipinski definition) is 12. The van der Waals surface area contributed by atoms with E-state index in [0.717, 1.165) is 5.56 Å². The number of methoxy groups -OCH3 is 1. The molecule has 3 rings (SSSR count). The molecular weight excluding hydrogens is 492 g/mol. The molecule has 0 saturated carbocycles. The molecule has 0 amide bonds. The summed E-state index contributed by atoms with van der Waals surface area (Å²) >= 11 is 0. The average Bonchev–Trinajstić information content (AvgIpc) is 2.91. The maximum Gasteiger partial charge on any atom is 0.229 e. The van der Waals surface area contributed by atoms with Crippen LogP contribution in [0, 0.1) is 0 Å². The van der Waals surface area contributed by atoms with Crippen LogP contribution in [0.4, 0.5) is 0 Å². The van der Waals surface area contributed by atoms with E-state index >= 15 is 0 Å². The number of aryl methyl sites for hydroxylation is 1. The van der Waals surface area contributed by atoms with Gasteiger partial charge in [-0.3, -0.25) is 0 Å². The molecule has 0 aliphatic carbocycles. The summed E-state index contributed by atoms with van der Waals surface area (Å²) in [6.07, 6.45) is -8.78. The number of rotatable bonds is 12. The molecule has 2 aromatic rings. The van der Waals surface area contributed by atoms with Gasteiger partial charge in [-0.1, -0.05) is 12.1 Å². The predicted octanol–water partition coefficient (Wildman–Crippen LogP) is -1.02. The normalized spacial score (nSPS) is 25.4. The monoisotopic (exact) mass is 526 g/mol. The smallest absolute Gasteiger partial charge is 0.229 e. The van der Waals surface area contributed by atoms with Crippen LogP contribution in [-0.2, 0) is 11.2 Å². The van der Waals surface area contributed by atoms with E-state index in [1.54, 1.807) is 6.07 Å². The third-order valence-electron chi connectivity index (χ3n) is 6.08. The Morgan fingerprint density at radius 2 is 1.65 bits per heavy atom. The van der Waals surface area contributed by atoms with Gasteiger partial charge in [-0.25, -0.2) is 0 Å². The highest BCUT2D eigenvalue weighted by Gasteiger charge is 2.45. The zero-order valence-electron chi connectivity index (χ0n) is 20.3. The van der Waals surface area contributed by atoms with E-state index in [1.165, 1.54) is 37.4 Å². The Morgan fingerprint density at radius 1 is 0.919 bits per heavy atom. The Kier molecular flexibility index (Phi) is 10.3. The fraction of sp³-hybridized carbons (Fsp3) is 0.520. The molecule has 1 saturated heterocycles. The lowest BCUT2D eigenvalue weighted by molar-refractivity contribution is -0.277. The first-order chi connectivity index (χ1) is 17.7. The van der Waals surface area contributed by atoms with Crippen molar-refractivity contribution in [2.75, 3.05) is 26.9 Å². The number of phenolic OH excluding ortho intramolecular Hbond substituents is 1. The van der Waals surface area contributed by atoms with Crippen LogP contribution in [0.3, 0.4) is 0 Å². The van der Waals surface area contributed by atoms with Crippen LogP contribution < -0.4 is 14.2 Å². The molecule has 0 spiro atoms. The number of hydrogen-bond donors (Lipinski definition) is 8. The molecule has 206 valence electrons. The van der Waals surface area contributed by atoms with E-state index in [0.29, 0.717) is 12.8 Å². The average molecular weight is 527 g/mol. The van der Waals surface area contributed by atoms with Crippen molar-refractivity contribution in [3.8, 4) is 23.0 Å².